The van der Waals surface area contributed by atoms with Gasteiger partial charge >= 0.3 is 7.12 Å². The van der Waals surface area contributed by atoms with Gasteiger partial charge in [-0.2, -0.15) is 0 Å². The SMILES string of the molecule is Cc1nccc(-c2cccc(B3OC(C)(C)C(C)(C)O3)c2)n1. The monoisotopic (exact) mass is 296 g/mol. The molecule has 2 aromatic rings. The average Bonchev–Trinajstić information content (AvgIpc) is 2.68. The number of nitrogens with zero attached hydrogens (tertiary/aromatic N) is 2. The molecule has 0 saturated carbocycles. The van der Waals surface area contributed by atoms with Crippen molar-refractivity contribution < 1.29 is 9.31 Å². The summed E-state index contributed by atoms with van der Waals surface area (Å²) in [7, 11) is -0.354. The predicted molar refractivity (Wildman–Crippen MR) is 87.9 cm³/mol. The lowest BCUT2D eigenvalue weighted by molar-refractivity contribution is 0.00578. The Hall–Kier alpha value is -1.72. The summed E-state index contributed by atoms with van der Waals surface area (Å²) >= 11 is 0. The molecule has 0 spiro atoms. The van der Waals surface area contributed by atoms with E-state index in [1.807, 2.05) is 31.2 Å². The Kier molecular flexibility index (Phi) is 3.58. The summed E-state index contributed by atoms with van der Waals surface area (Å²) in [5.41, 5.74) is 2.29. The largest absolute Gasteiger partial charge is 0.494 e. The first-order valence-electron chi connectivity index (χ1n) is 7.54. The topological polar surface area (TPSA) is 44.2 Å². The lowest BCUT2D eigenvalue weighted by Gasteiger charge is -2.32. The molecule has 0 unspecified atom stereocenters. The van der Waals surface area contributed by atoms with Crippen LogP contribution >= 0.6 is 0 Å². The van der Waals surface area contributed by atoms with Gasteiger partial charge in [-0.3, -0.25) is 0 Å². The molecular weight excluding hydrogens is 275 g/mol. The van der Waals surface area contributed by atoms with Gasteiger partial charge in [-0.05, 0) is 51.7 Å². The van der Waals surface area contributed by atoms with Gasteiger partial charge in [0, 0.05) is 6.20 Å². The lowest BCUT2D eigenvalue weighted by atomic mass is 9.78. The number of hydrogen-bond donors (Lipinski definition) is 0. The summed E-state index contributed by atoms with van der Waals surface area (Å²) in [6, 6.07) is 10.1. The molecule has 1 aliphatic rings. The van der Waals surface area contributed by atoms with Gasteiger partial charge in [-0.1, -0.05) is 24.3 Å². The normalized spacial score (nSPS) is 19.4. The third-order valence-corrected chi connectivity index (χ3v) is 4.48. The van der Waals surface area contributed by atoms with E-state index in [0.29, 0.717) is 0 Å². The van der Waals surface area contributed by atoms with E-state index in [4.69, 9.17) is 9.31 Å². The third kappa shape index (κ3) is 2.66. The molecule has 3 rings (SSSR count). The van der Waals surface area contributed by atoms with Crippen LogP contribution in [-0.2, 0) is 9.31 Å². The molecule has 0 radical (unpaired) electrons. The summed E-state index contributed by atoms with van der Waals surface area (Å²) in [4.78, 5) is 8.62. The summed E-state index contributed by atoms with van der Waals surface area (Å²) in [6.07, 6.45) is 1.78. The van der Waals surface area contributed by atoms with Crippen LogP contribution in [0.25, 0.3) is 11.3 Å². The van der Waals surface area contributed by atoms with Crippen LogP contribution in [-0.4, -0.2) is 28.3 Å². The minimum absolute atomic E-state index is 0.334. The first kappa shape index (κ1) is 15.2. The van der Waals surface area contributed by atoms with Gasteiger partial charge in [0.05, 0.1) is 16.9 Å². The predicted octanol–water partition coefficient (Wildman–Crippen LogP) is 2.75. The van der Waals surface area contributed by atoms with Crippen LogP contribution < -0.4 is 5.46 Å². The highest BCUT2D eigenvalue weighted by Crippen LogP contribution is 2.36. The van der Waals surface area contributed by atoms with Crippen LogP contribution in [0.3, 0.4) is 0 Å². The van der Waals surface area contributed by atoms with E-state index in [-0.39, 0.29) is 18.3 Å². The Morgan fingerprint density at radius 1 is 1.00 bits per heavy atom. The van der Waals surface area contributed by atoms with Crippen molar-refractivity contribution >= 4 is 12.6 Å². The second-order valence-corrected chi connectivity index (χ2v) is 6.70. The Balaban J connectivity index is 1.93. The average molecular weight is 296 g/mol. The maximum absolute atomic E-state index is 6.11. The van der Waals surface area contributed by atoms with Crippen LogP contribution in [0.1, 0.15) is 33.5 Å². The molecule has 1 fully saturated rings. The molecule has 1 saturated heterocycles. The van der Waals surface area contributed by atoms with E-state index >= 15 is 0 Å². The standard InChI is InChI=1S/C17H21BN2O2/c1-12-19-10-9-15(20-12)13-7-6-8-14(11-13)18-21-16(2,3)17(4,5)22-18/h6-11H,1-5H3. The highest BCUT2D eigenvalue weighted by atomic mass is 16.7. The van der Waals surface area contributed by atoms with E-state index in [0.717, 1.165) is 22.5 Å². The zero-order chi connectivity index (χ0) is 16.0. The molecule has 0 N–H and O–H groups in total. The zero-order valence-corrected chi connectivity index (χ0v) is 13.8. The lowest BCUT2D eigenvalue weighted by Crippen LogP contribution is -2.41. The van der Waals surface area contributed by atoms with E-state index in [1.165, 1.54) is 0 Å². The van der Waals surface area contributed by atoms with Gasteiger partial charge in [0.1, 0.15) is 5.82 Å². The Morgan fingerprint density at radius 2 is 1.68 bits per heavy atom. The molecular formula is C17H21BN2O2. The second kappa shape index (κ2) is 5.18. The van der Waals surface area contributed by atoms with Crippen LogP contribution in [0.4, 0.5) is 0 Å². The van der Waals surface area contributed by atoms with Gasteiger partial charge in [0.2, 0.25) is 0 Å². The molecule has 22 heavy (non-hydrogen) atoms. The number of aryl methyl sites for hydroxylation is 1. The molecule has 0 bridgehead atoms. The molecule has 114 valence electrons. The van der Waals surface area contributed by atoms with E-state index in [9.17, 15) is 0 Å². The maximum Gasteiger partial charge on any atom is 0.494 e. The van der Waals surface area contributed by atoms with Crippen molar-refractivity contribution in [3.05, 3.63) is 42.4 Å². The Morgan fingerprint density at radius 3 is 2.32 bits per heavy atom. The van der Waals surface area contributed by atoms with Gasteiger partial charge in [0.25, 0.3) is 0 Å². The maximum atomic E-state index is 6.11. The fourth-order valence-corrected chi connectivity index (χ4v) is 2.44. The molecule has 0 amide bonds. The number of aromatic nitrogens is 2. The molecule has 2 heterocycles. The van der Waals surface area contributed by atoms with Gasteiger partial charge in [-0.15, -0.1) is 0 Å². The summed E-state index contributed by atoms with van der Waals surface area (Å²) in [6.45, 7) is 10.1. The fraction of sp³-hybridized carbons (Fsp3) is 0.412. The first-order chi connectivity index (χ1) is 10.3. The third-order valence-electron chi connectivity index (χ3n) is 4.48. The minimum Gasteiger partial charge on any atom is -0.399 e. The van der Waals surface area contributed by atoms with Crippen molar-refractivity contribution in [3.8, 4) is 11.3 Å². The highest BCUT2D eigenvalue weighted by molar-refractivity contribution is 6.62. The highest BCUT2D eigenvalue weighted by Gasteiger charge is 2.51. The Bertz CT molecular complexity index is 685. The number of benzene rings is 1. The second-order valence-electron chi connectivity index (χ2n) is 6.70. The molecule has 1 aliphatic heterocycles. The zero-order valence-electron chi connectivity index (χ0n) is 13.8. The quantitative estimate of drug-likeness (QED) is 0.799. The first-order valence-corrected chi connectivity index (χ1v) is 7.54. The molecule has 0 aliphatic carbocycles. The molecule has 1 aromatic carbocycles. The van der Waals surface area contributed by atoms with Crippen molar-refractivity contribution in [1.82, 2.24) is 9.97 Å². The van der Waals surface area contributed by atoms with Gasteiger partial charge in [-0.25, -0.2) is 9.97 Å². The number of hydrogen-bond acceptors (Lipinski definition) is 4. The van der Waals surface area contributed by atoms with E-state index in [1.54, 1.807) is 6.20 Å². The van der Waals surface area contributed by atoms with Gasteiger partial charge in [0.15, 0.2) is 0 Å². The van der Waals surface area contributed by atoms with Crippen molar-refractivity contribution in [2.75, 3.05) is 0 Å². The number of rotatable bonds is 2. The fourth-order valence-electron chi connectivity index (χ4n) is 2.44. The molecule has 1 aromatic heterocycles. The molecule has 0 atom stereocenters. The van der Waals surface area contributed by atoms with Crippen molar-refractivity contribution in [2.24, 2.45) is 0 Å². The van der Waals surface area contributed by atoms with Crippen LogP contribution in [0.15, 0.2) is 36.5 Å². The smallest absolute Gasteiger partial charge is 0.399 e. The summed E-state index contributed by atoms with van der Waals surface area (Å²) in [5.74, 6) is 0.763. The van der Waals surface area contributed by atoms with E-state index < -0.39 is 0 Å². The molecule has 5 heteroatoms. The summed E-state index contributed by atoms with van der Waals surface area (Å²) < 4.78 is 12.2. The molecule has 4 nitrogen and oxygen atoms in total. The summed E-state index contributed by atoms with van der Waals surface area (Å²) in [5, 5.41) is 0. The minimum atomic E-state index is -0.354. The van der Waals surface area contributed by atoms with Crippen LogP contribution in [0.2, 0.25) is 0 Å². The van der Waals surface area contributed by atoms with E-state index in [2.05, 4.69) is 43.7 Å². The van der Waals surface area contributed by atoms with Crippen molar-refractivity contribution in [3.63, 3.8) is 0 Å². The van der Waals surface area contributed by atoms with Crippen molar-refractivity contribution in [1.29, 1.82) is 0 Å². The van der Waals surface area contributed by atoms with Crippen molar-refractivity contribution in [2.45, 2.75) is 45.8 Å². The van der Waals surface area contributed by atoms with Crippen LogP contribution in [0.5, 0.6) is 0 Å². The van der Waals surface area contributed by atoms with Gasteiger partial charge < -0.3 is 9.31 Å². The Labute approximate surface area is 132 Å². The van der Waals surface area contributed by atoms with Crippen LogP contribution in [0, 0.1) is 6.92 Å².